The smallest absolute Gasteiger partial charge is 0.354 e. The second-order valence-electron chi connectivity index (χ2n) is 7.67. The predicted molar refractivity (Wildman–Crippen MR) is 110 cm³/mol. The van der Waals surface area contributed by atoms with E-state index in [9.17, 15) is 14.1 Å². The Bertz CT molecular complexity index is 1030. The molecule has 10 heteroatoms. The number of hydrogen-bond acceptors (Lipinski definition) is 6. The van der Waals surface area contributed by atoms with Crippen molar-refractivity contribution in [2.75, 3.05) is 5.32 Å². The highest BCUT2D eigenvalue weighted by Crippen LogP contribution is 2.30. The topological polar surface area (TPSA) is 131 Å². The van der Waals surface area contributed by atoms with Crippen LogP contribution < -0.4 is 10.5 Å². The highest BCUT2D eigenvalue weighted by molar-refractivity contribution is 7.93. The highest BCUT2D eigenvalue weighted by atomic mass is 32.2. The molecule has 2 aromatic heterocycles. The molecule has 0 spiro atoms. The molecule has 0 saturated carbocycles. The number of nitrogens with one attached hydrogen (secondary N) is 1. The van der Waals surface area contributed by atoms with Crippen LogP contribution in [0.5, 0.6) is 0 Å². The van der Waals surface area contributed by atoms with Crippen molar-refractivity contribution in [3.8, 4) is 0 Å². The normalized spacial score (nSPS) is 16.0. The zero-order valence-electron chi connectivity index (χ0n) is 16.4. The molecule has 0 aliphatic heterocycles. The monoisotopic (exact) mass is 423 g/mol. The van der Waals surface area contributed by atoms with Crippen LogP contribution in [0.3, 0.4) is 0 Å². The van der Waals surface area contributed by atoms with Gasteiger partial charge < -0.3 is 10.4 Å². The lowest BCUT2D eigenvalue weighted by Gasteiger charge is -2.14. The van der Waals surface area contributed by atoms with Crippen molar-refractivity contribution in [2.45, 2.75) is 62.7 Å². The van der Waals surface area contributed by atoms with Gasteiger partial charge >= 0.3 is 6.03 Å². The molecule has 0 bridgehead atoms. The van der Waals surface area contributed by atoms with Gasteiger partial charge in [0.2, 0.25) is 0 Å². The summed E-state index contributed by atoms with van der Waals surface area (Å²) in [6, 6.07) is 1.13. The number of aryl methyl sites for hydroxylation is 2. The minimum atomic E-state index is -3.48. The Kier molecular flexibility index (Phi) is 5.59. The van der Waals surface area contributed by atoms with E-state index >= 15 is 0 Å². The molecule has 0 fully saturated rings. The van der Waals surface area contributed by atoms with Gasteiger partial charge in [-0.15, -0.1) is 15.7 Å². The first-order valence-corrected chi connectivity index (χ1v) is 11.4. The maximum Gasteiger partial charge on any atom is 0.354 e. The van der Waals surface area contributed by atoms with Gasteiger partial charge in [-0.2, -0.15) is 0 Å². The van der Waals surface area contributed by atoms with Crippen LogP contribution in [0.4, 0.5) is 10.5 Å². The van der Waals surface area contributed by atoms with Gasteiger partial charge in [-0.05, 0) is 50.7 Å². The SMILES string of the molecule is CC(C)c1nc2c(cc1NC(=O)N=S(N)(=O)c1cnc(C(C)(C)O)s1)CCC2. The Morgan fingerprint density at radius 2 is 2.14 bits per heavy atom. The number of anilines is 1. The number of amides is 2. The molecule has 2 amide bonds. The van der Waals surface area contributed by atoms with E-state index in [1.54, 1.807) is 13.8 Å². The van der Waals surface area contributed by atoms with Crippen LogP contribution in [0, 0.1) is 0 Å². The standard InChI is InChI=1S/C18H25N5O3S2/c1-10(2)15-13(8-11-6-5-7-12(11)21-15)22-17(24)23-28(19,26)14-9-20-16(27-14)18(3,4)25/h8-10,25H,5-7H2,1-4H3,(H3,19,22,23,24,26). The van der Waals surface area contributed by atoms with Gasteiger partial charge in [-0.3, -0.25) is 4.98 Å². The quantitative estimate of drug-likeness (QED) is 0.694. The fourth-order valence-electron chi connectivity index (χ4n) is 3.01. The van der Waals surface area contributed by atoms with E-state index in [4.69, 9.17) is 10.1 Å². The van der Waals surface area contributed by atoms with Crippen molar-refractivity contribution < 1.29 is 14.1 Å². The molecular formula is C18H25N5O3S2. The molecule has 2 aromatic rings. The Morgan fingerprint density at radius 1 is 1.43 bits per heavy atom. The summed E-state index contributed by atoms with van der Waals surface area (Å²) in [6.45, 7) is 7.12. The van der Waals surface area contributed by atoms with E-state index in [2.05, 4.69) is 14.7 Å². The van der Waals surface area contributed by atoms with Gasteiger partial charge in [0.1, 0.15) is 14.8 Å². The number of nitrogens with zero attached hydrogens (tertiary/aromatic N) is 3. The summed E-state index contributed by atoms with van der Waals surface area (Å²) in [5.74, 6) is 0.110. The number of aromatic nitrogens is 2. The molecule has 0 saturated heterocycles. The maximum atomic E-state index is 12.8. The number of thiazole rings is 1. The van der Waals surface area contributed by atoms with E-state index < -0.39 is 21.5 Å². The molecule has 1 aliphatic rings. The predicted octanol–water partition coefficient (Wildman–Crippen LogP) is 3.31. The summed E-state index contributed by atoms with van der Waals surface area (Å²) in [4.78, 5) is 21.2. The Labute approximate surface area is 168 Å². The minimum Gasteiger partial charge on any atom is -0.383 e. The van der Waals surface area contributed by atoms with Gasteiger partial charge in [0.15, 0.2) is 9.92 Å². The Morgan fingerprint density at radius 3 is 2.75 bits per heavy atom. The summed E-state index contributed by atoms with van der Waals surface area (Å²) in [5, 5.41) is 18.9. The third kappa shape index (κ3) is 4.40. The second kappa shape index (κ2) is 7.51. The van der Waals surface area contributed by atoms with Gasteiger partial charge in [-0.1, -0.05) is 13.8 Å². The van der Waals surface area contributed by atoms with Crippen LogP contribution in [0.15, 0.2) is 20.8 Å². The summed E-state index contributed by atoms with van der Waals surface area (Å²) in [5.41, 5.74) is 2.34. The molecular weight excluding hydrogens is 398 g/mol. The van der Waals surface area contributed by atoms with Crippen molar-refractivity contribution in [3.05, 3.63) is 34.2 Å². The average molecular weight is 424 g/mol. The summed E-state index contributed by atoms with van der Waals surface area (Å²) in [7, 11) is -3.48. The lowest BCUT2D eigenvalue weighted by molar-refractivity contribution is 0.0783. The van der Waals surface area contributed by atoms with Crippen LogP contribution in [0.2, 0.25) is 0 Å². The fourth-order valence-corrected chi connectivity index (χ4v) is 5.07. The van der Waals surface area contributed by atoms with Crippen LogP contribution in [-0.2, 0) is 28.4 Å². The van der Waals surface area contributed by atoms with Crippen LogP contribution >= 0.6 is 11.3 Å². The van der Waals surface area contributed by atoms with Crippen LogP contribution in [0.25, 0.3) is 0 Å². The fraction of sp³-hybridized carbons (Fsp3) is 0.500. The van der Waals surface area contributed by atoms with E-state index in [0.29, 0.717) is 10.7 Å². The first-order valence-electron chi connectivity index (χ1n) is 9.04. The lowest BCUT2D eigenvalue weighted by atomic mass is 10.1. The second-order valence-corrected chi connectivity index (χ2v) is 10.7. The number of rotatable bonds is 4. The van der Waals surface area contributed by atoms with Gasteiger partial charge in [-0.25, -0.2) is 19.1 Å². The molecule has 2 heterocycles. The van der Waals surface area contributed by atoms with Gasteiger partial charge in [0.25, 0.3) is 0 Å². The number of carbonyl (C=O) groups is 1. The van der Waals surface area contributed by atoms with E-state index in [1.165, 1.54) is 6.20 Å². The Balaban J connectivity index is 1.89. The van der Waals surface area contributed by atoms with Gasteiger partial charge in [0.05, 0.1) is 17.6 Å². The number of aliphatic hydroxyl groups is 1. The molecule has 3 rings (SSSR count). The first-order chi connectivity index (χ1) is 13.0. The Hall–Kier alpha value is -1.88. The summed E-state index contributed by atoms with van der Waals surface area (Å²) in [6.07, 6.45) is 4.20. The van der Waals surface area contributed by atoms with Crippen molar-refractivity contribution in [1.82, 2.24) is 9.97 Å². The molecule has 28 heavy (non-hydrogen) atoms. The van der Waals surface area contributed by atoms with Crippen LogP contribution in [0.1, 0.15) is 62.0 Å². The van der Waals surface area contributed by atoms with Crippen molar-refractivity contribution in [2.24, 2.45) is 9.50 Å². The zero-order chi connectivity index (χ0) is 20.7. The molecule has 0 radical (unpaired) electrons. The molecule has 152 valence electrons. The van der Waals surface area contributed by atoms with Crippen molar-refractivity contribution >= 4 is 33.0 Å². The molecule has 4 N–H and O–H groups in total. The minimum absolute atomic E-state index is 0.110. The number of pyridine rings is 1. The largest absolute Gasteiger partial charge is 0.383 e. The third-order valence-corrected chi connectivity index (χ3v) is 7.57. The van der Waals surface area contributed by atoms with Crippen LogP contribution in [-0.4, -0.2) is 25.3 Å². The first kappa shape index (κ1) is 20.8. The number of hydrogen-bond donors (Lipinski definition) is 3. The molecule has 8 nitrogen and oxygen atoms in total. The molecule has 0 aromatic carbocycles. The van der Waals surface area contributed by atoms with Crippen molar-refractivity contribution in [3.63, 3.8) is 0 Å². The molecule has 1 unspecified atom stereocenters. The number of nitrogens with two attached hydrogens (primary N) is 1. The van der Waals surface area contributed by atoms with E-state index in [0.717, 1.165) is 47.6 Å². The molecule has 1 aliphatic carbocycles. The lowest BCUT2D eigenvalue weighted by Crippen LogP contribution is -2.18. The van der Waals surface area contributed by atoms with Gasteiger partial charge in [0, 0.05) is 5.69 Å². The average Bonchev–Trinajstić information content (AvgIpc) is 3.22. The number of fused-ring (bicyclic) bond motifs is 1. The maximum absolute atomic E-state index is 12.8. The summed E-state index contributed by atoms with van der Waals surface area (Å²) < 4.78 is 16.6. The van der Waals surface area contributed by atoms with E-state index in [-0.39, 0.29) is 10.1 Å². The molecule has 1 atom stereocenters. The van der Waals surface area contributed by atoms with Crippen molar-refractivity contribution in [1.29, 1.82) is 0 Å². The van der Waals surface area contributed by atoms with E-state index in [1.807, 2.05) is 19.9 Å². The number of urea groups is 1. The third-order valence-electron chi connectivity index (χ3n) is 4.38. The summed E-state index contributed by atoms with van der Waals surface area (Å²) >= 11 is 0.972. The zero-order valence-corrected chi connectivity index (χ0v) is 18.0. The number of carbonyl (C=O) groups excluding carboxylic acids is 1. The highest BCUT2D eigenvalue weighted by Gasteiger charge is 2.24.